The quantitative estimate of drug-likeness (QED) is 0.609. The van der Waals surface area contributed by atoms with E-state index in [1.54, 1.807) is 6.07 Å². The Morgan fingerprint density at radius 3 is 2.38 bits per heavy atom. The summed E-state index contributed by atoms with van der Waals surface area (Å²) in [6.45, 7) is 2.57. The standard InChI is InChI=1S/C16H20F3NO/c1-2-3-4-5-6-7-10-21-15-9-8-14(16(17,18)19)11-13(15)12-20/h8-9,11H,2-7,10H2,1H3. The lowest BCUT2D eigenvalue weighted by atomic mass is 10.1. The van der Waals surface area contributed by atoms with Crippen molar-refractivity contribution in [3.63, 3.8) is 0 Å². The number of unbranched alkanes of at least 4 members (excludes halogenated alkanes) is 5. The third-order valence-electron chi connectivity index (χ3n) is 3.18. The number of nitriles is 1. The smallest absolute Gasteiger partial charge is 0.416 e. The van der Waals surface area contributed by atoms with Crippen LogP contribution in [0.4, 0.5) is 13.2 Å². The van der Waals surface area contributed by atoms with Crippen molar-refractivity contribution >= 4 is 0 Å². The van der Waals surface area contributed by atoms with Crippen LogP contribution in [0.5, 0.6) is 5.75 Å². The summed E-state index contributed by atoms with van der Waals surface area (Å²) in [5.74, 6) is 0.221. The van der Waals surface area contributed by atoms with Crippen LogP contribution in [0.15, 0.2) is 18.2 Å². The van der Waals surface area contributed by atoms with E-state index in [1.807, 2.05) is 0 Å². The van der Waals surface area contributed by atoms with Crippen molar-refractivity contribution in [3.05, 3.63) is 29.3 Å². The highest BCUT2D eigenvalue weighted by Crippen LogP contribution is 2.32. The highest BCUT2D eigenvalue weighted by molar-refractivity contribution is 5.46. The fraction of sp³-hybridized carbons (Fsp3) is 0.562. The van der Waals surface area contributed by atoms with E-state index in [-0.39, 0.29) is 11.3 Å². The van der Waals surface area contributed by atoms with Gasteiger partial charge in [-0.2, -0.15) is 18.4 Å². The average Bonchev–Trinajstić information content (AvgIpc) is 2.45. The summed E-state index contributed by atoms with van der Waals surface area (Å²) in [6, 6.07) is 4.74. The zero-order valence-corrected chi connectivity index (χ0v) is 12.2. The summed E-state index contributed by atoms with van der Waals surface area (Å²) in [5.41, 5.74) is -0.901. The minimum absolute atomic E-state index is 0.0733. The highest BCUT2D eigenvalue weighted by Gasteiger charge is 2.31. The minimum Gasteiger partial charge on any atom is -0.492 e. The molecule has 1 aromatic rings. The molecule has 0 saturated heterocycles. The van der Waals surface area contributed by atoms with E-state index in [2.05, 4.69) is 6.92 Å². The van der Waals surface area contributed by atoms with Crippen LogP contribution in [0, 0.1) is 11.3 Å². The van der Waals surface area contributed by atoms with Gasteiger partial charge in [0, 0.05) is 0 Å². The maximum absolute atomic E-state index is 12.5. The number of nitrogens with zero attached hydrogens (tertiary/aromatic N) is 1. The van der Waals surface area contributed by atoms with Gasteiger partial charge in [0.05, 0.1) is 17.7 Å². The molecule has 0 bridgehead atoms. The van der Waals surface area contributed by atoms with Gasteiger partial charge >= 0.3 is 6.18 Å². The van der Waals surface area contributed by atoms with Crippen LogP contribution in [-0.4, -0.2) is 6.61 Å². The molecule has 1 rings (SSSR count). The van der Waals surface area contributed by atoms with Crippen molar-refractivity contribution in [1.29, 1.82) is 5.26 Å². The third kappa shape index (κ3) is 6.07. The Hall–Kier alpha value is -1.70. The largest absolute Gasteiger partial charge is 0.492 e. The molecule has 21 heavy (non-hydrogen) atoms. The molecule has 0 fully saturated rings. The Bertz CT molecular complexity index is 477. The molecule has 0 aromatic heterocycles. The van der Waals surface area contributed by atoms with Gasteiger partial charge in [-0.15, -0.1) is 0 Å². The van der Waals surface area contributed by atoms with Gasteiger partial charge in [0.1, 0.15) is 11.8 Å². The fourth-order valence-electron chi connectivity index (χ4n) is 1.98. The Morgan fingerprint density at radius 2 is 1.76 bits per heavy atom. The molecule has 0 radical (unpaired) electrons. The Labute approximate surface area is 123 Å². The predicted octanol–water partition coefficient (Wildman–Crippen LogP) is 5.32. The Balaban J connectivity index is 2.47. The maximum atomic E-state index is 12.5. The normalized spacial score (nSPS) is 11.2. The van der Waals surface area contributed by atoms with Gasteiger partial charge in [-0.05, 0) is 24.6 Å². The second-order valence-corrected chi connectivity index (χ2v) is 4.94. The van der Waals surface area contributed by atoms with Gasteiger partial charge in [-0.1, -0.05) is 39.0 Å². The lowest BCUT2D eigenvalue weighted by molar-refractivity contribution is -0.137. The monoisotopic (exact) mass is 299 g/mol. The molecule has 0 heterocycles. The summed E-state index contributed by atoms with van der Waals surface area (Å²) in [5, 5.41) is 8.91. The summed E-state index contributed by atoms with van der Waals surface area (Å²) in [4.78, 5) is 0. The van der Waals surface area contributed by atoms with Crippen molar-refractivity contribution in [2.24, 2.45) is 0 Å². The van der Waals surface area contributed by atoms with E-state index >= 15 is 0 Å². The number of hydrogen-bond donors (Lipinski definition) is 0. The molecule has 0 aliphatic heterocycles. The lowest BCUT2D eigenvalue weighted by Crippen LogP contribution is -2.06. The molecule has 116 valence electrons. The van der Waals surface area contributed by atoms with Gasteiger partial charge in [-0.25, -0.2) is 0 Å². The van der Waals surface area contributed by atoms with Crippen LogP contribution >= 0.6 is 0 Å². The first-order chi connectivity index (χ1) is 9.99. The SMILES string of the molecule is CCCCCCCCOc1ccc(C(F)(F)F)cc1C#N. The molecular formula is C16H20F3NO. The molecule has 0 unspecified atom stereocenters. The molecule has 0 amide bonds. The fourth-order valence-corrected chi connectivity index (χ4v) is 1.98. The first-order valence-electron chi connectivity index (χ1n) is 7.23. The van der Waals surface area contributed by atoms with Crippen molar-refractivity contribution in [2.75, 3.05) is 6.61 Å². The number of hydrogen-bond acceptors (Lipinski definition) is 2. The molecule has 2 nitrogen and oxygen atoms in total. The molecule has 0 spiro atoms. The second kappa shape index (κ2) is 8.56. The van der Waals surface area contributed by atoms with Crippen LogP contribution in [0.1, 0.15) is 56.6 Å². The topological polar surface area (TPSA) is 33.0 Å². The molecule has 5 heteroatoms. The van der Waals surface area contributed by atoms with Crippen LogP contribution < -0.4 is 4.74 Å². The van der Waals surface area contributed by atoms with E-state index in [0.29, 0.717) is 6.61 Å². The number of ether oxygens (including phenoxy) is 1. The minimum atomic E-state index is -4.44. The summed E-state index contributed by atoms with van der Waals surface area (Å²) < 4.78 is 43.0. The van der Waals surface area contributed by atoms with E-state index in [0.717, 1.165) is 31.4 Å². The molecule has 0 aliphatic carbocycles. The first-order valence-corrected chi connectivity index (χ1v) is 7.23. The molecule has 0 N–H and O–H groups in total. The summed E-state index contributed by atoms with van der Waals surface area (Å²) >= 11 is 0. The molecule has 1 aromatic carbocycles. The first kappa shape index (κ1) is 17.4. The zero-order chi connectivity index (χ0) is 15.7. The van der Waals surface area contributed by atoms with Crippen molar-refractivity contribution < 1.29 is 17.9 Å². The Morgan fingerprint density at radius 1 is 1.10 bits per heavy atom. The van der Waals surface area contributed by atoms with Crippen LogP contribution in [0.25, 0.3) is 0 Å². The van der Waals surface area contributed by atoms with Crippen molar-refractivity contribution in [1.82, 2.24) is 0 Å². The predicted molar refractivity (Wildman–Crippen MR) is 75.0 cm³/mol. The van der Waals surface area contributed by atoms with Crippen LogP contribution in [-0.2, 0) is 6.18 Å². The number of alkyl halides is 3. The van der Waals surface area contributed by atoms with Gasteiger partial charge in [-0.3, -0.25) is 0 Å². The maximum Gasteiger partial charge on any atom is 0.416 e. The van der Waals surface area contributed by atoms with Gasteiger partial charge in [0.15, 0.2) is 0 Å². The number of rotatable bonds is 8. The third-order valence-corrected chi connectivity index (χ3v) is 3.18. The van der Waals surface area contributed by atoms with Crippen molar-refractivity contribution in [3.8, 4) is 11.8 Å². The second-order valence-electron chi connectivity index (χ2n) is 4.94. The Kier molecular flexibility index (Phi) is 7.07. The van der Waals surface area contributed by atoms with Crippen LogP contribution in [0.2, 0.25) is 0 Å². The van der Waals surface area contributed by atoms with Gasteiger partial charge in [0.2, 0.25) is 0 Å². The molecular weight excluding hydrogens is 279 g/mol. The molecule has 0 atom stereocenters. The summed E-state index contributed by atoms with van der Waals surface area (Å²) in [7, 11) is 0. The van der Waals surface area contributed by atoms with E-state index in [9.17, 15) is 13.2 Å². The molecule has 0 saturated carbocycles. The van der Waals surface area contributed by atoms with Crippen LogP contribution in [0.3, 0.4) is 0 Å². The number of halogens is 3. The zero-order valence-electron chi connectivity index (χ0n) is 12.2. The van der Waals surface area contributed by atoms with Crippen molar-refractivity contribution in [2.45, 2.75) is 51.6 Å². The average molecular weight is 299 g/mol. The summed E-state index contributed by atoms with van der Waals surface area (Å²) in [6.07, 6.45) is 2.17. The van der Waals surface area contributed by atoms with E-state index in [1.165, 1.54) is 25.3 Å². The molecule has 0 aliphatic rings. The van der Waals surface area contributed by atoms with Gasteiger partial charge in [0.25, 0.3) is 0 Å². The van der Waals surface area contributed by atoms with Gasteiger partial charge < -0.3 is 4.74 Å². The lowest BCUT2D eigenvalue weighted by Gasteiger charge is -2.11. The number of benzene rings is 1. The van der Waals surface area contributed by atoms with E-state index < -0.39 is 11.7 Å². The van der Waals surface area contributed by atoms with E-state index in [4.69, 9.17) is 10.00 Å². The highest BCUT2D eigenvalue weighted by atomic mass is 19.4.